The number of aliphatic hydroxyl groups excluding tert-OH is 1. The van der Waals surface area contributed by atoms with Crippen molar-refractivity contribution in [1.29, 1.82) is 0 Å². The molecule has 10 nitrogen and oxygen atoms in total. The van der Waals surface area contributed by atoms with E-state index in [0.29, 0.717) is 46.6 Å². The van der Waals surface area contributed by atoms with Gasteiger partial charge in [-0.05, 0) is 63.4 Å². The van der Waals surface area contributed by atoms with Crippen molar-refractivity contribution in [1.82, 2.24) is 19.6 Å². The first-order chi connectivity index (χ1) is 18.8. The van der Waals surface area contributed by atoms with Gasteiger partial charge >= 0.3 is 5.91 Å². The van der Waals surface area contributed by atoms with Crippen LogP contribution in [0, 0.1) is 20.8 Å². The molecule has 1 fully saturated rings. The van der Waals surface area contributed by atoms with E-state index >= 15 is 0 Å². The molecule has 0 aliphatic carbocycles. The summed E-state index contributed by atoms with van der Waals surface area (Å²) in [5, 5.41) is 20.7. The number of hydrogen-bond acceptors (Lipinski definition) is 9. The smallest absolute Gasteiger partial charge is 0.301 e. The number of ketones is 1. The molecule has 3 aromatic heterocycles. The van der Waals surface area contributed by atoms with Gasteiger partial charge in [0.25, 0.3) is 5.78 Å². The molecule has 0 bridgehead atoms. The lowest BCUT2D eigenvalue weighted by Crippen LogP contribution is -2.29. The Bertz CT molecular complexity index is 1620. The number of imidazole rings is 1. The SMILES string of the molecule is CCCOc1ccc(C2C(=C(O)c3nc4c(C)cccn4c3C)C(=O)C(=O)N2c2nnc(C)s2)cc1OCC. The maximum atomic E-state index is 13.6. The van der Waals surface area contributed by atoms with Crippen LogP contribution < -0.4 is 14.4 Å². The van der Waals surface area contributed by atoms with E-state index in [-0.39, 0.29) is 22.2 Å². The number of carbonyl (C=O) groups excluding carboxylic acids is 2. The van der Waals surface area contributed by atoms with Gasteiger partial charge in [0.15, 0.2) is 17.3 Å². The molecule has 5 rings (SSSR count). The van der Waals surface area contributed by atoms with Gasteiger partial charge in [0.05, 0.1) is 30.5 Å². The fourth-order valence-corrected chi connectivity index (χ4v) is 5.41. The van der Waals surface area contributed by atoms with E-state index in [2.05, 4.69) is 15.2 Å². The third kappa shape index (κ3) is 4.52. The number of aliphatic hydroxyl groups is 1. The zero-order chi connectivity index (χ0) is 27.8. The molecule has 1 aliphatic rings. The number of pyridine rings is 1. The number of rotatable bonds is 8. The first kappa shape index (κ1) is 26.4. The lowest BCUT2D eigenvalue weighted by atomic mass is 9.96. The number of benzene rings is 1. The van der Waals surface area contributed by atoms with E-state index in [1.165, 1.54) is 16.2 Å². The van der Waals surface area contributed by atoms with Gasteiger partial charge < -0.3 is 19.0 Å². The Kier molecular flexibility index (Phi) is 7.09. The molecule has 4 aromatic rings. The molecule has 202 valence electrons. The average Bonchev–Trinajstić information content (AvgIpc) is 3.58. The third-order valence-electron chi connectivity index (χ3n) is 6.52. The molecule has 0 saturated carbocycles. The first-order valence-corrected chi connectivity index (χ1v) is 13.5. The number of nitrogens with zero attached hydrogens (tertiary/aromatic N) is 5. The Labute approximate surface area is 229 Å². The van der Waals surface area contributed by atoms with Crippen molar-refractivity contribution in [2.75, 3.05) is 18.1 Å². The van der Waals surface area contributed by atoms with E-state index < -0.39 is 17.7 Å². The molecule has 1 amide bonds. The molecule has 1 aliphatic heterocycles. The molecule has 4 heterocycles. The van der Waals surface area contributed by atoms with Gasteiger partial charge in [-0.1, -0.05) is 30.4 Å². The van der Waals surface area contributed by atoms with Crippen molar-refractivity contribution >= 4 is 39.6 Å². The van der Waals surface area contributed by atoms with Crippen molar-refractivity contribution in [3.05, 3.63) is 69.6 Å². The number of fused-ring (bicyclic) bond motifs is 1. The number of amides is 1. The molecule has 1 saturated heterocycles. The second kappa shape index (κ2) is 10.5. The van der Waals surface area contributed by atoms with Crippen molar-refractivity contribution in [3.8, 4) is 11.5 Å². The van der Waals surface area contributed by atoms with Crippen molar-refractivity contribution < 1.29 is 24.2 Å². The Balaban J connectivity index is 1.74. The predicted octanol–water partition coefficient (Wildman–Crippen LogP) is 4.92. The molecule has 11 heteroatoms. The zero-order valence-corrected chi connectivity index (χ0v) is 23.2. The number of anilines is 1. The van der Waals surface area contributed by atoms with Crippen LogP contribution in [0.25, 0.3) is 11.4 Å². The number of aromatic nitrogens is 4. The van der Waals surface area contributed by atoms with Gasteiger partial charge in [0, 0.05) is 6.20 Å². The highest BCUT2D eigenvalue weighted by Gasteiger charge is 2.49. The molecule has 0 spiro atoms. The summed E-state index contributed by atoms with van der Waals surface area (Å²) in [4.78, 5) is 33.0. The zero-order valence-electron chi connectivity index (χ0n) is 22.4. The monoisotopic (exact) mass is 547 g/mol. The van der Waals surface area contributed by atoms with Gasteiger partial charge in [-0.25, -0.2) is 4.98 Å². The van der Waals surface area contributed by atoms with Gasteiger partial charge in [0.1, 0.15) is 16.3 Å². The van der Waals surface area contributed by atoms with Gasteiger partial charge in [-0.15, -0.1) is 10.2 Å². The van der Waals surface area contributed by atoms with Gasteiger partial charge in [-0.3, -0.25) is 14.5 Å². The minimum atomic E-state index is -0.984. The summed E-state index contributed by atoms with van der Waals surface area (Å²) in [6.07, 6.45) is 2.66. The van der Waals surface area contributed by atoms with Crippen LogP contribution in [0.2, 0.25) is 0 Å². The number of hydrogen-bond donors (Lipinski definition) is 1. The van der Waals surface area contributed by atoms with Crippen LogP contribution in [-0.2, 0) is 9.59 Å². The van der Waals surface area contributed by atoms with Crippen LogP contribution in [0.15, 0.2) is 42.1 Å². The molecule has 1 atom stereocenters. The minimum Gasteiger partial charge on any atom is -0.505 e. The molecule has 0 radical (unpaired) electrons. The van der Waals surface area contributed by atoms with Gasteiger partial charge in [0.2, 0.25) is 5.13 Å². The van der Waals surface area contributed by atoms with Crippen LogP contribution in [0.1, 0.15) is 53.8 Å². The largest absolute Gasteiger partial charge is 0.505 e. The summed E-state index contributed by atoms with van der Waals surface area (Å²) < 4.78 is 13.5. The Morgan fingerprint density at radius 1 is 1.08 bits per heavy atom. The summed E-state index contributed by atoms with van der Waals surface area (Å²) >= 11 is 1.19. The molecular weight excluding hydrogens is 518 g/mol. The quantitative estimate of drug-likeness (QED) is 0.187. The molecule has 1 unspecified atom stereocenters. The lowest BCUT2D eigenvalue weighted by Gasteiger charge is -2.23. The normalized spacial score (nSPS) is 16.8. The van der Waals surface area contributed by atoms with E-state index in [1.807, 2.05) is 43.5 Å². The second-order valence-electron chi connectivity index (χ2n) is 9.19. The highest BCUT2D eigenvalue weighted by molar-refractivity contribution is 7.15. The summed E-state index contributed by atoms with van der Waals surface area (Å²) in [6.45, 7) is 10.3. The maximum absolute atomic E-state index is 13.6. The fourth-order valence-electron chi connectivity index (χ4n) is 4.70. The first-order valence-electron chi connectivity index (χ1n) is 12.7. The standard InChI is InChI=1S/C28H29N5O5S/c1-6-13-38-19-11-10-18(14-20(19)37-7-2)23-21(25(35)27(36)33(23)28-31-30-17(5)39-28)24(34)22-16(4)32-12-8-9-15(3)26(32)29-22/h8-12,14,23,34H,6-7,13H2,1-5H3. The van der Waals surface area contributed by atoms with Crippen LogP contribution in [0.4, 0.5) is 5.13 Å². The van der Waals surface area contributed by atoms with Crippen molar-refractivity contribution in [2.45, 2.75) is 47.1 Å². The molecular formula is C28H29N5O5S. The number of ether oxygens (including phenoxy) is 2. The topological polar surface area (TPSA) is 119 Å². The summed E-state index contributed by atoms with van der Waals surface area (Å²) in [6, 6.07) is 8.07. The average molecular weight is 548 g/mol. The number of aryl methyl sites for hydroxylation is 3. The Morgan fingerprint density at radius 3 is 2.54 bits per heavy atom. The van der Waals surface area contributed by atoms with Crippen LogP contribution in [0.3, 0.4) is 0 Å². The van der Waals surface area contributed by atoms with E-state index in [4.69, 9.17) is 9.47 Å². The highest BCUT2D eigenvalue weighted by Crippen LogP contribution is 2.45. The molecule has 1 aromatic carbocycles. The Morgan fingerprint density at radius 2 is 1.87 bits per heavy atom. The summed E-state index contributed by atoms with van der Waals surface area (Å²) in [7, 11) is 0. The van der Waals surface area contributed by atoms with Crippen LogP contribution in [0.5, 0.6) is 11.5 Å². The number of Topliss-reactive ketones (excluding diaryl/α,β-unsaturated/α-hetero) is 1. The van der Waals surface area contributed by atoms with E-state index in [9.17, 15) is 14.7 Å². The summed E-state index contributed by atoms with van der Waals surface area (Å²) in [5.41, 5.74) is 2.90. The van der Waals surface area contributed by atoms with E-state index in [0.717, 1.165) is 12.0 Å². The molecule has 1 N–H and O–H groups in total. The lowest BCUT2D eigenvalue weighted by molar-refractivity contribution is -0.132. The predicted molar refractivity (Wildman–Crippen MR) is 147 cm³/mol. The highest BCUT2D eigenvalue weighted by atomic mass is 32.1. The van der Waals surface area contributed by atoms with Crippen molar-refractivity contribution in [2.24, 2.45) is 0 Å². The second-order valence-corrected chi connectivity index (χ2v) is 10.4. The van der Waals surface area contributed by atoms with Gasteiger partial charge in [-0.2, -0.15) is 0 Å². The fraction of sp³-hybridized carbons (Fsp3) is 0.321. The summed E-state index contributed by atoms with van der Waals surface area (Å²) in [5.74, 6) is -0.964. The minimum absolute atomic E-state index is 0.0818. The van der Waals surface area contributed by atoms with E-state index in [1.54, 1.807) is 32.0 Å². The molecule has 39 heavy (non-hydrogen) atoms. The van der Waals surface area contributed by atoms with Crippen LogP contribution in [-0.4, -0.2) is 49.6 Å². The maximum Gasteiger partial charge on any atom is 0.301 e. The third-order valence-corrected chi connectivity index (χ3v) is 7.36. The Hall–Kier alpha value is -4.25. The van der Waals surface area contributed by atoms with Crippen molar-refractivity contribution in [3.63, 3.8) is 0 Å². The van der Waals surface area contributed by atoms with Crippen LogP contribution >= 0.6 is 11.3 Å². The number of carbonyl (C=O) groups is 2.